The fraction of sp³-hybridized carbons (Fsp3) is 1.00. The minimum absolute atomic E-state index is 0.529. The second-order valence-electron chi connectivity index (χ2n) is 4.00. The lowest BCUT2D eigenvalue weighted by atomic mass is 9.95. The smallest absolute Gasteiger partial charge is 0.00427 e. The van der Waals surface area contributed by atoms with E-state index >= 15 is 0 Å². The van der Waals surface area contributed by atoms with Crippen molar-refractivity contribution in [3.63, 3.8) is 0 Å². The molecule has 74 valence electrons. The van der Waals surface area contributed by atoms with Gasteiger partial charge in [0.05, 0.1) is 0 Å². The van der Waals surface area contributed by atoms with Gasteiger partial charge in [0.15, 0.2) is 0 Å². The van der Waals surface area contributed by atoms with E-state index in [1.165, 1.54) is 6.42 Å². The molecule has 0 aromatic carbocycles. The van der Waals surface area contributed by atoms with E-state index in [1.807, 2.05) is 0 Å². The van der Waals surface area contributed by atoms with Gasteiger partial charge in [0.2, 0.25) is 0 Å². The Morgan fingerprint density at radius 3 is 1.83 bits per heavy atom. The summed E-state index contributed by atoms with van der Waals surface area (Å²) in [5, 5.41) is 1.07. The zero-order chi connectivity index (χ0) is 9.72. The Morgan fingerprint density at radius 2 is 1.50 bits per heavy atom. The molecule has 0 bridgehead atoms. The van der Waals surface area contributed by atoms with E-state index in [0.717, 1.165) is 6.42 Å². The summed E-state index contributed by atoms with van der Waals surface area (Å²) in [4.78, 5) is 0. The minimum atomic E-state index is 0.529. The summed E-state index contributed by atoms with van der Waals surface area (Å²) < 4.78 is 0. The molecule has 3 atom stereocenters. The molecule has 2 heteroatoms. The van der Waals surface area contributed by atoms with Gasteiger partial charge in [0.1, 0.15) is 0 Å². The molecule has 0 aliphatic rings. The first-order chi connectivity index (χ1) is 5.49. The lowest BCUT2D eigenvalue weighted by Crippen LogP contribution is -2.18. The molecule has 0 aromatic rings. The van der Waals surface area contributed by atoms with Gasteiger partial charge in [0.25, 0.3) is 0 Å². The standard InChI is InChI=1S/C10H22S2/c1-5-9(11)8(4)6-10(12)7(2)3/h7-12H,5-6H2,1-4H3. The van der Waals surface area contributed by atoms with Crippen molar-refractivity contribution in [3.8, 4) is 0 Å². The highest BCUT2D eigenvalue weighted by molar-refractivity contribution is 7.81. The summed E-state index contributed by atoms with van der Waals surface area (Å²) in [6, 6.07) is 0. The molecular formula is C10H22S2. The lowest BCUT2D eigenvalue weighted by molar-refractivity contribution is 0.447. The highest BCUT2D eigenvalue weighted by atomic mass is 32.1. The SMILES string of the molecule is CCC(S)C(C)CC(S)C(C)C. The van der Waals surface area contributed by atoms with Gasteiger partial charge in [0, 0.05) is 10.5 Å². The first kappa shape index (κ1) is 12.7. The summed E-state index contributed by atoms with van der Waals surface area (Å²) in [5.41, 5.74) is 0. The highest BCUT2D eigenvalue weighted by Crippen LogP contribution is 2.24. The van der Waals surface area contributed by atoms with Crippen molar-refractivity contribution in [2.75, 3.05) is 0 Å². The van der Waals surface area contributed by atoms with Crippen molar-refractivity contribution in [2.24, 2.45) is 11.8 Å². The molecule has 0 amide bonds. The first-order valence-electron chi connectivity index (χ1n) is 4.85. The van der Waals surface area contributed by atoms with Crippen LogP contribution in [-0.4, -0.2) is 10.5 Å². The first-order valence-corrected chi connectivity index (χ1v) is 5.88. The molecule has 0 fully saturated rings. The summed E-state index contributed by atoms with van der Waals surface area (Å²) in [5.74, 6) is 1.36. The van der Waals surface area contributed by atoms with Crippen LogP contribution in [0.15, 0.2) is 0 Å². The topological polar surface area (TPSA) is 0 Å². The van der Waals surface area contributed by atoms with Gasteiger partial charge < -0.3 is 0 Å². The van der Waals surface area contributed by atoms with Crippen molar-refractivity contribution < 1.29 is 0 Å². The van der Waals surface area contributed by atoms with Crippen LogP contribution < -0.4 is 0 Å². The van der Waals surface area contributed by atoms with Crippen molar-refractivity contribution in [2.45, 2.75) is 51.0 Å². The van der Waals surface area contributed by atoms with E-state index in [4.69, 9.17) is 0 Å². The minimum Gasteiger partial charge on any atom is -0.176 e. The molecule has 0 aliphatic heterocycles. The normalized spacial score (nSPS) is 19.2. The summed E-state index contributed by atoms with van der Waals surface area (Å²) in [7, 11) is 0. The summed E-state index contributed by atoms with van der Waals surface area (Å²) in [6.45, 7) is 8.91. The maximum Gasteiger partial charge on any atom is 0.00427 e. The second-order valence-corrected chi connectivity index (χ2v) is 5.33. The second kappa shape index (κ2) is 6.20. The monoisotopic (exact) mass is 206 g/mol. The van der Waals surface area contributed by atoms with E-state index in [0.29, 0.717) is 22.3 Å². The van der Waals surface area contributed by atoms with Gasteiger partial charge in [-0.05, 0) is 24.7 Å². The van der Waals surface area contributed by atoms with Gasteiger partial charge in [-0.3, -0.25) is 0 Å². The molecular weight excluding hydrogens is 184 g/mol. The number of rotatable bonds is 5. The Morgan fingerprint density at radius 1 is 1.00 bits per heavy atom. The van der Waals surface area contributed by atoms with Crippen LogP contribution in [0.3, 0.4) is 0 Å². The third-order valence-corrected chi connectivity index (χ3v) is 4.14. The molecule has 0 saturated heterocycles. The Labute approximate surface area is 88.3 Å². The number of thiol groups is 2. The van der Waals surface area contributed by atoms with Crippen LogP contribution in [-0.2, 0) is 0 Å². The van der Waals surface area contributed by atoms with E-state index in [-0.39, 0.29) is 0 Å². The highest BCUT2D eigenvalue weighted by Gasteiger charge is 2.16. The molecule has 0 nitrogen and oxygen atoms in total. The van der Waals surface area contributed by atoms with Crippen LogP contribution in [0.4, 0.5) is 0 Å². The number of hydrogen-bond donors (Lipinski definition) is 2. The zero-order valence-electron chi connectivity index (χ0n) is 8.62. The quantitative estimate of drug-likeness (QED) is 0.630. The lowest BCUT2D eigenvalue weighted by Gasteiger charge is -2.23. The fourth-order valence-electron chi connectivity index (χ4n) is 1.21. The predicted molar refractivity (Wildman–Crippen MR) is 64.5 cm³/mol. The van der Waals surface area contributed by atoms with Gasteiger partial charge in [-0.15, -0.1) is 0 Å². The van der Waals surface area contributed by atoms with Crippen molar-refractivity contribution in [1.82, 2.24) is 0 Å². The molecule has 0 radical (unpaired) electrons. The maximum atomic E-state index is 4.56. The van der Waals surface area contributed by atoms with E-state index in [1.54, 1.807) is 0 Å². The Balaban J connectivity index is 3.75. The number of hydrogen-bond acceptors (Lipinski definition) is 2. The van der Waals surface area contributed by atoms with Crippen molar-refractivity contribution in [3.05, 3.63) is 0 Å². The van der Waals surface area contributed by atoms with Crippen LogP contribution >= 0.6 is 25.3 Å². The zero-order valence-corrected chi connectivity index (χ0v) is 10.4. The van der Waals surface area contributed by atoms with Gasteiger partial charge in [-0.1, -0.05) is 27.7 Å². The van der Waals surface area contributed by atoms with Crippen LogP contribution in [0.1, 0.15) is 40.5 Å². The van der Waals surface area contributed by atoms with Gasteiger partial charge >= 0.3 is 0 Å². The fourth-order valence-corrected chi connectivity index (χ4v) is 1.67. The largest absolute Gasteiger partial charge is 0.176 e. The van der Waals surface area contributed by atoms with Crippen LogP contribution in [0.2, 0.25) is 0 Å². The Bertz CT molecular complexity index is 112. The third kappa shape index (κ3) is 4.66. The molecule has 0 heterocycles. The van der Waals surface area contributed by atoms with Crippen LogP contribution in [0, 0.1) is 11.8 Å². The average Bonchev–Trinajstić information content (AvgIpc) is 2.02. The molecule has 0 aromatic heterocycles. The third-order valence-electron chi connectivity index (χ3n) is 2.46. The van der Waals surface area contributed by atoms with Crippen molar-refractivity contribution >= 4 is 25.3 Å². The molecule has 12 heavy (non-hydrogen) atoms. The summed E-state index contributed by atoms with van der Waals surface area (Å²) in [6.07, 6.45) is 2.34. The van der Waals surface area contributed by atoms with E-state index in [2.05, 4.69) is 53.0 Å². The van der Waals surface area contributed by atoms with Crippen molar-refractivity contribution in [1.29, 1.82) is 0 Å². The Hall–Kier alpha value is 0.700. The van der Waals surface area contributed by atoms with Gasteiger partial charge in [-0.2, -0.15) is 25.3 Å². The molecule has 0 aliphatic carbocycles. The van der Waals surface area contributed by atoms with Crippen LogP contribution in [0.5, 0.6) is 0 Å². The molecule has 0 rings (SSSR count). The van der Waals surface area contributed by atoms with E-state index < -0.39 is 0 Å². The van der Waals surface area contributed by atoms with Gasteiger partial charge in [-0.25, -0.2) is 0 Å². The average molecular weight is 206 g/mol. The Kier molecular flexibility index (Phi) is 6.56. The maximum absolute atomic E-state index is 4.56. The van der Waals surface area contributed by atoms with Crippen LogP contribution in [0.25, 0.3) is 0 Å². The molecule has 0 saturated carbocycles. The molecule has 0 N–H and O–H groups in total. The summed E-state index contributed by atoms with van der Waals surface area (Å²) >= 11 is 9.10. The predicted octanol–water partition coefficient (Wildman–Crippen LogP) is 3.68. The van der Waals surface area contributed by atoms with E-state index in [9.17, 15) is 0 Å². The molecule has 3 unspecified atom stereocenters. The molecule has 0 spiro atoms.